The summed E-state index contributed by atoms with van der Waals surface area (Å²) in [6.07, 6.45) is 6.48. The molecule has 0 radical (unpaired) electrons. The minimum absolute atomic E-state index is 0.236. The Hall–Kier alpha value is 0.230. The van der Waals surface area contributed by atoms with Crippen LogP contribution in [0, 0.1) is 0 Å². The number of ether oxygens (including phenoxy) is 1. The van der Waals surface area contributed by atoms with Crippen LogP contribution in [0.25, 0.3) is 0 Å². The van der Waals surface area contributed by atoms with E-state index in [4.69, 9.17) is 4.74 Å². The van der Waals surface area contributed by atoms with Crippen LogP contribution in [-0.4, -0.2) is 60.8 Å². The van der Waals surface area contributed by atoms with Crippen molar-refractivity contribution < 1.29 is 4.74 Å². The topological polar surface area (TPSA) is 24.5 Å². The van der Waals surface area contributed by atoms with Crippen LogP contribution in [-0.2, 0) is 4.74 Å². The number of nitrogens with one attached hydrogen (secondary N) is 1. The fraction of sp³-hybridized carbons (Fsp3) is 1.00. The predicted octanol–water partition coefficient (Wildman–Crippen LogP) is 1.72. The van der Waals surface area contributed by atoms with Crippen molar-refractivity contribution >= 4 is 11.8 Å². The molecule has 3 fully saturated rings. The number of hydrogen-bond acceptors (Lipinski definition) is 4. The smallest absolute Gasteiger partial charge is 0.0795 e. The molecule has 3 heterocycles. The zero-order valence-electron chi connectivity index (χ0n) is 11.5. The Bertz CT molecular complexity index is 281. The van der Waals surface area contributed by atoms with Crippen LogP contribution in [0.1, 0.15) is 32.1 Å². The van der Waals surface area contributed by atoms with Crippen molar-refractivity contribution in [2.24, 2.45) is 0 Å². The van der Waals surface area contributed by atoms with Gasteiger partial charge < -0.3 is 10.1 Å². The molecule has 0 aromatic rings. The normalized spacial score (nSPS) is 42.5. The Labute approximate surface area is 115 Å². The number of thioether (sulfide) groups is 1. The van der Waals surface area contributed by atoms with E-state index in [0.717, 1.165) is 12.6 Å². The minimum atomic E-state index is 0.236. The Morgan fingerprint density at radius 2 is 2.33 bits per heavy atom. The van der Waals surface area contributed by atoms with Gasteiger partial charge in [-0.3, -0.25) is 4.90 Å². The first-order valence-corrected chi connectivity index (χ1v) is 8.60. The van der Waals surface area contributed by atoms with Gasteiger partial charge in [0.15, 0.2) is 0 Å². The molecule has 4 heteroatoms. The molecule has 3 aliphatic heterocycles. The van der Waals surface area contributed by atoms with E-state index in [2.05, 4.69) is 29.0 Å². The van der Waals surface area contributed by atoms with Gasteiger partial charge in [-0.25, -0.2) is 0 Å². The van der Waals surface area contributed by atoms with Gasteiger partial charge in [0.05, 0.1) is 5.60 Å². The first-order chi connectivity index (χ1) is 8.81. The Kier molecular flexibility index (Phi) is 4.18. The maximum Gasteiger partial charge on any atom is 0.0795 e. The molecule has 3 rings (SSSR count). The molecule has 18 heavy (non-hydrogen) atoms. The third kappa shape index (κ3) is 2.72. The maximum atomic E-state index is 6.14. The molecular weight excluding hydrogens is 244 g/mol. The van der Waals surface area contributed by atoms with Crippen LogP contribution < -0.4 is 5.32 Å². The summed E-state index contributed by atoms with van der Waals surface area (Å²) in [6, 6.07) is 1.48. The highest BCUT2D eigenvalue weighted by Crippen LogP contribution is 2.39. The van der Waals surface area contributed by atoms with Crippen LogP contribution in [0.2, 0.25) is 0 Å². The predicted molar refractivity (Wildman–Crippen MR) is 77.3 cm³/mol. The molecular formula is C14H26N2OS. The van der Waals surface area contributed by atoms with E-state index in [0.29, 0.717) is 6.04 Å². The van der Waals surface area contributed by atoms with Gasteiger partial charge in [-0.1, -0.05) is 0 Å². The van der Waals surface area contributed by atoms with Gasteiger partial charge in [0, 0.05) is 31.0 Å². The van der Waals surface area contributed by atoms with Crippen molar-refractivity contribution in [3.63, 3.8) is 0 Å². The lowest BCUT2D eigenvalue weighted by molar-refractivity contribution is -0.0926. The molecule has 104 valence electrons. The van der Waals surface area contributed by atoms with Crippen LogP contribution in [0.5, 0.6) is 0 Å². The number of likely N-dealkylation sites (N-methyl/N-ethyl adjacent to an activating group) is 1. The average molecular weight is 270 g/mol. The van der Waals surface area contributed by atoms with Crippen molar-refractivity contribution in [3.8, 4) is 0 Å². The van der Waals surface area contributed by atoms with Crippen LogP contribution in [0.3, 0.4) is 0 Å². The zero-order chi connectivity index (χ0) is 12.4. The number of nitrogens with zero attached hydrogens (tertiary/aromatic N) is 1. The van der Waals surface area contributed by atoms with E-state index in [9.17, 15) is 0 Å². The molecule has 3 nitrogen and oxygen atoms in total. The summed E-state index contributed by atoms with van der Waals surface area (Å²) < 4.78 is 6.14. The van der Waals surface area contributed by atoms with E-state index < -0.39 is 0 Å². The second-order valence-electron chi connectivity index (χ2n) is 6.10. The van der Waals surface area contributed by atoms with Crippen molar-refractivity contribution in [1.29, 1.82) is 0 Å². The van der Waals surface area contributed by atoms with Crippen LogP contribution in [0.4, 0.5) is 0 Å². The van der Waals surface area contributed by atoms with Crippen molar-refractivity contribution in [1.82, 2.24) is 10.2 Å². The summed E-state index contributed by atoms with van der Waals surface area (Å²) in [7, 11) is 2.10. The van der Waals surface area contributed by atoms with Crippen molar-refractivity contribution in [2.75, 3.05) is 38.2 Å². The summed E-state index contributed by atoms with van der Waals surface area (Å²) >= 11 is 2.08. The summed E-state index contributed by atoms with van der Waals surface area (Å²) in [4.78, 5) is 2.73. The molecule has 3 atom stereocenters. The summed E-state index contributed by atoms with van der Waals surface area (Å²) in [5, 5.41) is 3.46. The Balaban J connectivity index is 1.61. The number of piperidine rings is 1. The maximum absolute atomic E-state index is 6.14. The highest BCUT2D eigenvalue weighted by Gasteiger charge is 2.42. The minimum Gasteiger partial charge on any atom is -0.374 e. The highest BCUT2D eigenvalue weighted by atomic mass is 32.2. The molecule has 3 saturated heterocycles. The van der Waals surface area contributed by atoms with E-state index in [1.807, 2.05) is 0 Å². The van der Waals surface area contributed by atoms with Gasteiger partial charge in [0.25, 0.3) is 0 Å². The third-order valence-corrected chi connectivity index (χ3v) is 6.13. The van der Waals surface area contributed by atoms with Crippen molar-refractivity contribution in [2.45, 2.75) is 49.8 Å². The second kappa shape index (κ2) is 5.70. The molecule has 0 bridgehead atoms. The van der Waals surface area contributed by atoms with Gasteiger partial charge in [0.2, 0.25) is 0 Å². The molecule has 0 amide bonds. The molecule has 0 saturated carbocycles. The lowest BCUT2D eigenvalue weighted by atomic mass is 9.88. The third-order valence-electron chi connectivity index (χ3n) is 4.91. The van der Waals surface area contributed by atoms with Crippen LogP contribution in [0.15, 0.2) is 0 Å². The Morgan fingerprint density at radius 3 is 3.11 bits per heavy atom. The average Bonchev–Trinajstić information content (AvgIpc) is 2.87. The largest absolute Gasteiger partial charge is 0.374 e. The molecule has 0 aromatic heterocycles. The molecule has 0 aromatic carbocycles. The molecule has 1 N–H and O–H groups in total. The van der Waals surface area contributed by atoms with Gasteiger partial charge in [-0.15, -0.1) is 0 Å². The van der Waals surface area contributed by atoms with Gasteiger partial charge >= 0.3 is 0 Å². The van der Waals surface area contributed by atoms with Gasteiger partial charge in [0.1, 0.15) is 0 Å². The van der Waals surface area contributed by atoms with Gasteiger partial charge in [-0.05, 0) is 51.4 Å². The number of rotatable bonds is 2. The van der Waals surface area contributed by atoms with E-state index in [1.165, 1.54) is 56.7 Å². The first-order valence-electron chi connectivity index (χ1n) is 7.44. The lowest BCUT2D eigenvalue weighted by Crippen LogP contribution is -2.54. The van der Waals surface area contributed by atoms with Crippen molar-refractivity contribution in [3.05, 3.63) is 0 Å². The molecule has 3 aliphatic rings. The number of likely N-dealkylation sites (tertiary alicyclic amines) is 1. The summed E-state index contributed by atoms with van der Waals surface area (Å²) in [6.45, 7) is 3.52. The van der Waals surface area contributed by atoms with Gasteiger partial charge in [-0.2, -0.15) is 11.8 Å². The monoisotopic (exact) mass is 270 g/mol. The zero-order valence-corrected chi connectivity index (χ0v) is 12.3. The second-order valence-corrected chi connectivity index (χ2v) is 7.21. The molecule has 0 aliphatic carbocycles. The molecule has 3 unspecified atom stereocenters. The van der Waals surface area contributed by atoms with Crippen LogP contribution >= 0.6 is 11.8 Å². The summed E-state index contributed by atoms with van der Waals surface area (Å²) in [5.74, 6) is 2.53. The first kappa shape index (κ1) is 13.2. The Morgan fingerprint density at radius 1 is 1.39 bits per heavy atom. The van der Waals surface area contributed by atoms with E-state index >= 15 is 0 Å². The SMILES string of the molecule is CNC1CCCN(C2CCOC3(CCSC3)C2)C1. The fourth-order valence-corrected chi connectivity index (χ4v) is 5.13. The quantitative estimate of drug-likeness (QED) is 0.826. The van der Waals surface area contributed by atoms with E-state index in [-0.39, 0.29) is 5.60 Å². The fourth-order valence-electron chi connectivity index (χ4n) is 3.75. The van der Waals surface area contributed by atoms with E-state index in [1.54, 1.807) is 0 Å². The lowest BCUT2D eigenvalue weighted by Gasteiger charge is -2.45. The summed E-state index contributed by atoms with van der Waals surface area (Å²) in [5.41, 5.74) is 0.236. The number of hydrogen-bond donors (Lipinski definition) is 1. The highest BCUT2D eigenvalue weighted by molar-refractivity contribution is 7.99. The molecule has 1 spiro atoms. The standard InChI is InChI=1S/C14H26N2OS/c1-15-12-3-2-6-16(10-12)13-4-7-17-14(9-13)5-8-18-11-14/h12-13,15H,2-11H2,1H3.